The number of fused-ring (bicyclic) bond motifs is 2. The molecule has 140 valence electrons. The highest BCUT2D eigenvalue weighted by Gasteiger charge is 2.41. The number of halogens is 1. The first-order valence-corrected chi connectivity index (χ1v) is 10.1. The number of aromatic nitrogens is 3. The minimum absolute atomic E-state index is 0.0100. The van der Waals surface area contributed by atoms with Crippen molar-refractivity contribution in [1.82, 2.24) is 20.1 Å². The van der Waals surface area contributed by atoms with Gasteiger partial charge in [0.2, 0.25) is 0 Å². The maximum atomic E-state index is 13.1. The molecule has 0 bridgehead atoms. The predicted octanol–water partition coefficient (Wildman–Crippen LogP) is 4.75. The Labute approximate surface area is 170 Å². The molecule has 0 aliphatic carbocycles. The van der Waals surface area contributed by atoms with E-state index in [1.54, 1.807) is 0 Å². The third-order valence-corrected chi connectivity index (χ3v) is 6.00. The molecule has 2 aromatic carbocycles. The van der Waals surface area contributed by atoms with E-state index in [2.05, 4.69) is 55.4 Å². The summed E-state index contributed by atoms with van der Waals surface area (Å²) in [5.41, 5.74) is 5.91. The molecule has 1 aliphatic heterocycles. The van der Waals surface area contributed by atoms with Gasteiger partial charge in [-0.3, -0.25) is 9.89 Å². The number of nitrogens with zero attached hydrogens (tertiary/aromatic N) is 2. The molecule has 2 aromatic heterocycles. The zero-order valence-electron chi connectivity index (χ0n) is 15.4. The van der Waals surface area contributed by atoms with Gasteiger partial charge in [-0.05, 0) is 42.7 Å². The summed E-state index contributed by atoms with van der Waals surface area (Å²) in [5, 5.41) is 8.48. The summed E-state index contributed by atoms with van der Waals surface area (Å²) in [6, 6.07) is 16.3. The molecule has 0 spiro atoms. The first-order chi connectivity index (χ1) is 13.6. The number of carbonyl (C=O) groups excluding carboxylic acids is 1. The van der Waals surface area contributed by atoms with E-state index < -0.39 is 0 Å². The average molecular weight is 435 g/mol. The van der Waals surface area contributed by atoms with Crippen LogP contribution in [0.3, 0.4) is 0 Å². The van der Waals surface area contributed by atoms with Crippen LogP contribution >= 0.6 is 15.9 Å². The third kappa shape index (κ3) is 2.67. The molecule has 1 aliphatic rings. The van der Waals surface area contributed by atoms with Crippen molar-refractivity contribution < 1.29 is 4.79 Å². The van der Waals surface area contributed by atoms with E-state index in [0.717, 1.165) is 33.2 Å². The van der Waals surface area contributed by atoms with Gasteiger partial charge < -0.3 is 9.88 Å². The number of aromatic amines is 2. The standard InChI is InChI=1S/C22H19BrN4O/c1-13-19-20(26-25-13)22(28)27(21(19)14-5-4-6-16(23)11-14)10-9-15-12-24-18-8-3-2-7-17(15)18/h2-8,11-12,21,24H,9-10H2,1H3,(H,25,26)/t21-/m0/s1. The Hall–Kier alpha value is -2.86. The minimum Gasteiger partial charge on any atom is -0.361 e. The van der Waals surface area contributed by atoms with Crippen LogP contribution in [0.5, 0.6) is 0 Å². The Morgan fingerprint density at radius 1 is 1.18 bits per heavy atom. The molecule has 5 nitrogen and oxygen atoms in total. The lowest BCUT2D eigenvalue weighted by molar-refractivity contribution is 0.0745. The van der Waals surface area contributed by atoms with Gasteiger partial charge in [-0.25, -0.2) is 0 Å². The fraction of sp³-hybridized carbons (Fsp3) is 0.182. The SMILES string of the molecule is Cc1[nH]nc2c1[C@H](c1cccc(Br)c1)N(CCc1c[nH]c3ccccc13)C2=O. The largest absolute Gasteiger partial charge is 0.361 e. The second-order valence-electron chi connectivity index (χ2n) is 7.18. The summed E-state index contributed by atoms with van der Waals surface area (Å²) in [4.78, 5) is 18.4. The smallest absolute Gasteiger partial charge is 0.275 e. The zero-order chi connectivity index (χ0) is 19.3. The lowest BCUT2D eigenvalue weighted by atomic mass is 9.99. The number of rotatable bonds is 4. The van der Waals surface area contributed by atoms with Crippen LogP contribution < -0.4 is 0 Å². The molecule has 1 amide bonds. The van der Waals surface area contributed by atoms with Crippen LogP contribution in [0.15, 0.2) is 59.2 Å². The van der Waals surface area contributed by atoms with Crippen LogP contribution in [0.1, 0.15) is 38.9 Å². The van der Waals surface area contributed by atoms with E-state index in [4.69, 9.17) is 0 Å². The van der Waals surface area contributed by atoms with Crippen molar-refractivity contribution >= 4 is 32.7 Å². The molecule has 6 heteroatoms. The fourth-order valence-corrected chi connectivity index (χ4v) is 4.59. The molecule has 5 rings (SSSR count). The van der Waals surface area contributed by atoms with Crippen LogP contribution in [0.4, 0.5) is 0 Å². The first kappa shape index (κ1) is 17.3. The lowest BCUT2D eigenvalue weighted by Gasteiger charge is -2.26. The summed E-state index contributed by atoms with van der Waals surface area (Å²) in [6.07, 6.45) is 2.83. The van der Waals surface area contributed by atoms with Gasteiger partial charge in [-0.15, -0.1) is 0 Å². The van der Waals surface area contributed by atoms with Crippen molar-refractivity contribution in [2.24, 2.45) is 0 Å². The van der Waals surface area contributed by atoms with Crippen molar-refractivity contribution in [2.45, 2.75) is 19.4 Å². The molecular formula is C22H19BrN4O. The number of H-pyrrole nitrogens is 2. The number of benzene rings is 2. The van der Waals surface area contributed by atoms with Crippen molar-refractivity contribution in [3.8, 4) is 0 Å². The summed E-state index contributed by atoms with van der Waals surface area (Å²) in [6.45, 7) is 2.61. The van der Waals surface area contributed by atoms with Crippen molar-refractivity contribution in [3.63, 3.8) is 0 Å². The Balaban J connectivity index is 1.51. The number of amides is 1. The van der Waals surface area contributed by atoms with Crippen molar-refractivity contribution in [2.75, 3.05) is 6.54 Å². The zero-order valence-corrected chi connectivity index (χ0v) is 17.0. The second-order valence-corrected chi connectivity index (χ2v) is 8.09. The lowest BCUT2D eigenvalue weighted by Crippen LogP contribution is -2.31. The van der Waals surface area contributed by atoms with Gasteiger partial charge in [0, 0.05) is 39.4 Å². The molecule has 0 saturated heterocycles. The van der Waals surface area contributed by atoms with Gasteiger partial charge in [0.25, 0.3) is 5.91 Å². The third-order valence-electron chi connectivity index (χ3n) is 5.50. The number of aryl methyl sites for hydroxylation is 1. The number of carbonyl (C=O) groups is 1. The molecule has 0 radical (unpaired) electrons. The van der Waals surface area contributed by atoms with E-state index in [0.29, 0.717) is 12.2 Å². The monoisotopic (exact) mass is 434 g/mol. The molecule has 4 aromatic rings. The predicted molar refractivity (Wildman–Crippen MR) is 112 cm³/mol. The first-order valence-electron chi connectivity index (χ1n) is 9.30. The minimum atomic E-state index is -0.121. The summed E-state index contributed by atoms with van der Waals surface area (Å²) in [5.74, 6) is -0.0100. The van der Waals surface area contributed by atoms with Gasteiger partial charge in [0.05, 0.1) is 6.04 Å². The van der Waals surface area contributed by atoms with Crippen LogP contribution in [-0.2, 0) is 6.42 Å². The Kier molecular flexibility index (Phi) is 4.09. The topological polar surface area (TPSA) is 64.8 Å². The molecule has 1 atom stereocenters. The fourth-order valence-electron chi connectivity index (χ4n) is 4.18. The molecule has 2 N–H and O–H groups in total. The normalized spacial score (nSPS) is 16.1. The molecule has 3 heterocycles. The Morgan fingerprint density at radius 2 is 2.04 bits per heavy atom. The molecular weight excluding hydrogens is 416 g/mol. The number of hydrogen-bond acceptors (Lipinski definition) is 2. The summed E-state index contributed by atoms with van der Waals surface area (Å²) < 4.78 is 1.00. The highest BCUT2D eigenvalue weighted by atomic mass is 79.9. The molecule has 0 saturated carbocycles. The van der Waals surface area contributed by atoms with E-state index >= 15 is 0 Å². The Bertz CT molecular complexity index is 1190. The van der Waals surface area contributed by atoms with E-state index in [9.17, 15) is 4.79 Å². The van der Waals surface area contributed by atoms with Crippen molar-refractivity contribution in [3.05, 3.63) is 87.3 Å². The quantitative estimate of drug-likeness (QED) is 0.486. The van der Waals surface area contributed by atoms with Crippen molar-refractivity contribution in [1.29, 1.82) is 0 Å². The summed E-state index contributed by atoms with van der Waals surface area (Å²) in [7, 11) is 0. The number of para-hydroxylation sites is 1. The van der Waals surface area contributed by atoms with Gasteiger partial charge in [-0.2, -0.15) is 5.10 Å². The number of nitrogens with one attached hydrogen (secondary N) is 2. The highest BCUT2D eigenvalue weighted by molar-refractivity contribution is 9.10. The number of hydrogen-bond donors (Lipinski definition) is 2. The van der Waals surface area contributed by atoms with Gasteiger partial charge >= 0.3 is 0 Å². The van der Waals surface area contributed by atoms with E-state index in [1.165, 1.54) is 10.9 Å². The molecule has 28 heavy (non-hydrogen) atoms. The average Bonchev–Trinajstić information content (AvgIpc) is 3.35. The van der Waals surface area contributed by atoms with Crippen LogP contribution in [-0.4, -0.2) is 32.5 Å². The second kappa shape index (κ2) is 6.63. The van der Waals surface area contributed by atoms with Crippen LogP contribution in [0.2, 0.25) is 0 Å². The Morgan fingerprint density at radius 3 is 2.89 bits per heavy atom. The van der Waals surface area contributed by atoms with E-state index in [-0.39, 0.29) is 11.9 Å². The van der Waals surface area contributed by atoms with Gasteiger partial charge in [-0.1, -0.05) is 46.3 Å². The van der Waals surface area contributed by atoms with Gasteiger partial charge in [0.15, 0.2) is 5.69 Å². The van der Waals surface area contributed by atoms with E-state index in [1.807, 2.05) is 42.3 Å². The maximum absolute atomic E-state index is 13.1. The molecule has 0 unspecified atom stereocenters. The highest BCUT2D eigenvalue weighted by Crippen LogP contribution is 2.40. The maximum Gasteiger partial charge on any atom is 0.275 e. The molecule has 0 fully saturated rings. The van der Waals surface area contributed by atoms with Gasteiger partial charge in [0.1, 0.15) is 0 Å². The van der Waals surface area contributed by atoms with Crippen LogP contribution in [0, 0.1) is 6.92 Å². The van der Waals surface area contributed by atoms with Crippen LogP contribution in [0.25, 0.3) is 10.9 Å². The summed E-state index contributed by atoms with van der Waals surface area (Å²) >= 11 is 3.56.